The molecule has 0 aliphatic rings. The summed E-state index contributed by atoms with van der Waals surface area (Å²) in [5.41, 5.74) is 0.369. The maximum Gasteiger partial charge on any atom is 0.253 e. The maximum atomic E-state index is 12.3. The van der Waals surface area contributed by atoms with Crippen LogP contribution in [0.25, 0.3) is 0 Å². The van der Waals surface area contributed by atoms with Crippen LogP contribution < -0.4 is 10.6 Å². The topological polar surface area (TPSA) is 92.3 Å². The van der Waals surface area contributed by atoms with E-state index in [2.05, 4.69) is 33.1 Å². The van der Waals surface area contributed by atoms with Gasteiger partial charge in [-0.2, -0.15) is 0 Å². The molecule has 2 amide bonds. The Bertz CT molecular complexity index is 688. The van der Waals surface area contributed by atoms with Crippen molar-refractivity contribution in [2.24, 2.45) is 0 Å². The van der Waals surface area contributed by atoms with Crippen LogP contribution >= 0.6 is 15.9 Å². The quantitative estimate of drug-likeness (QED) is 0.640. The number of carbonyl (C=O) groups excluding carboxylic acids is 2. The van der Waals surface area contributed by atoms with E-state index in [0.29, 0.717) is 10.0 Å². The van der Waals surface area contributed by atoms with E-state index < -0.39 is 27.7 Å². The van der Waals surface area contributed by atoms with E-state index in [1.54, 1.807) is 24.3 Å². The number of hydrogen-bond donors (Lipinski definition) is 2. The van der Waals surface area contributed by atoms with Crippen molar-refractivity contribution in [2.75, 3.05) is 18.6 Å². The van der Waals surface area contributed by atoms with E-state index in [0.717, 1.165) is 6.26 Å². The molecule has 0 heterocycles. The van der Waals surface area contributed by atoms with Crippen LogP contribution in [0.3, 0.4) is 0 Å². The summed E-state index contributed by atoms with van der Waals surface area (Å²) in [7, 11) is -3.24. The molecular formula is C15H19BrN2O4S. The van der Waals surface area contributed by atoms with E-state index in [4.69, 9.17) is 0 Å². The van der Waals surface area contributed by atoms with Crippen molar-refractivity contribution < 1.29 is 18.0 Å². The first-order valence-electron chi connectivity index (χ1n) is 6.86. The van der Waals surface area contributed by atoms with E-state index in [9.17, 15) is 18.0 Å². The smallest absolute Gasteiger partial charge is 0.253 e. The van der Waals surface area contributed by atoms with Crippen LogP contribution in [0.4, 0.5) is 0 Å². The zero-order valence-electron chi connectivity index (χ0n) is 12.7. The Morgan fingerprint density at radius 1 is 1.35 bits per heavy atom. The molecule has 0 spiro atoms. The number of nitrogens with one attached hydrogen (secondary N) is 2. The number of amides is 2. The lowest BCUT2D eigenvalue weighted by molar-refractivity contribution is -0.122. The highest BCUT2D eigenvalue weighted by molar-refractivity contribution is 9.10. The molecule has 0 aliphatic carbocycles. The highest BCUT2D eigenvalue weighted by Crippen LogP contribution is 2.16. The molecule has 6 nitrogen and oxygen atoms in total. The number of hydrogen-bond acceptors (Lipinski definition) is 4. The summed E-state index contributed by atoms with van der Waals surface area (Å²) in [6.07, 6.45) is 2.58. The van der Waals surface area contributed by atoms with Gasteiger partial charge in [-0.3, -0.25) is 9.59 Å². The zero-order valence-corrected chi connectivity index (χ0v) is 15.1. The monoisotopic (exact) mass is 402 g/mol. The van der Waals surface area contributed by atoms with Crippen LogP contribution in [-0.4, -0.2) is 44.8 Å². The minimum atomic E-state index is -3.24. The molecule has 1 aromatic carbocycles. The first-order chi connectivity index (χ1) is 10.7. The Kier molecular flexibility index (Phi) is 7.44. The predicted molar refractivity (Wildman–Crippen MR) is 92.9 cm³/mol. The van der Waals surface area contributed by atoms with Gasteiger partial charge >= 0.3 is 0 Å². The number of carbonyl (C=O) groups is 2. The van der Waals surface area contributed by atoms with Gasteiger partial charge in [-0.05, 0) is 34.5 Å². The number of sulfone groups is 1. The van der Waals surface area contributed by atoms with Gasteiger partial charge in [0, 0.05) is 17.3 Å². The van der Waals surface area contributed by atoms with Gasteiger partial charge in [-0.15, -0.1) is 6.58 Å². The molecule has 0 unspecified atom stereocenters. The minimum Gasteiger partial charge on any atom is -0.351 e. The summed E-state index contributed by atoms with van der Waals surface area (Å²) in [5.74, 6) is -1.10. The Balaban J connectivity index is 2.86. The van der Waals surface area contributed by atoms with Crippen LogP contribution in [0.2, 0.25) is 0 Å². The fourth-order valence-electron chi connectivity index (χ4n) is 1.78. The average molecular weight is 403 g/mol. The van der Waals surface area contributed by atoms with Crippen molar-refractivity contribution in [3.8, 4) is 0 Å². The summed E-state index contributed by atoms with van der Waals surface area (Å²) in [6, 6.07) is 5.83. The van der Waals surface area contributed by atoms with Crippen LogP contribution in [0.15, 0.2) is 41.4 Å². The first kappa shape index (κ1) is 19.4. The molecule has 0 aromatic heterocycles. The second-order valence-electron chi connectivity index (χ2n) is 4.96. The molecule has 1 atom stereocenters. The van der Waals surface area contributed by atoms with Gasteiger partial charge in [0.05, 0.1) is 11.3 Å². The summed E-state index contributed by atoms with van der Waals surface area (Å²) >= 11 is 3.27. The minimum absolute atomic E-state index is 0.00198. The second-order valence-corrected chi connectivity index (χ2v) is 8.07. The molecule has 0 bridgehead atoms. The predicted octanol–water partition coefficient (Wildman–Crippen LogP) is 1.28. The van der Waals surface area contributed by atoms with Gasteiger partial charge in [0.15, 0.2) is 0 Å². The van der Waals surface area contributed by atoms with Crippen molar-refractivity contribution in [3.05, 3.63) is 47.0 Å². The van der Waals surface area contributed by atoms with Crippen molar-refractivity contribution in [1.29, 1.82) is 0 Å². The first-order valence-corrected chi connectivity index (χ1v) is 9.71. The third kappa shape index (κ3) is 6.96. The SMILES string of the molecule is C=CCNC(=O)[C@@H](CCS(C)(=O)=O)NC(=O)c1ccccc1Br. The van der Waals surface area contributed by atoms with Crippen molar-refractivity contribution in [1.82, 2.24) is 10.6 Å². The molecule has 1 rings (SSSR count). The second kappa shape index (κ2) is 8.83. The molecule has 0 radical (unpaired) electrons. The van der Waals surface area contributed by atoms with Gasteiger partial charge in [-0.25, -0.2) is 8.42 Å². The van der Waals surface area contributed by atoms with E-state index >= 15 is 0 Å². The third-order valence-electron chi connectivity index (χ3n) is 2.94. The molecule has 0 saturated heterocycles. The summed E-state index contributed by atoms with van der Waals surface area (Å²) in [5, 5.41) is 5.14. The average Bonchev–Trinajstić information content (AvgIpc) is 2.48. The Morgan fingerprint density at radius 2 is 2.00 bits per heavy atom. The number of halogens is 1. The van der Waals surface area contributed by atoms with E-state index in [1.165, 1.54) is 6.08 Å². The molecule has 2 N–H and O–H groups in total. The van der Waals surface area contributed by atoms with Gasteiger partial charge in [0.25, 0.3) is 5.91 Å². The van der Waals surface area contributed by atoms with Crippen LogP contribution in [0.5, 0.6) is 0 Å². The standard InChI is InChI=1S/C15H19BrN2O4S/c1-3-9-17-15(20)13(8-10-23(2,21)22)18-14(19)11-6-4-5-7-12(11)16/h3-7,13H,1,8-10H2,2H3,(H,17,20)(H,18,19)/t13-/m1/s1. The number of benzene rings is 1. The van der Waals surface area contributed by atoms with E-state index in [1.807, 2.05) is 0 Å². The van der Waals surface area contributed by atoms with Gasteiger partial charge in [0.1, 0.15) is 15.9 Å². The van der Waals surface area contributed by atoms with Crippen LogP contribution in [-0.2, 0) is 14.6 Å². The molecule has 0 saturated carbocycles. The normalized spacial score (nSPS) is 12.3. The Labute approximate surface area is 144 Å². The maximum absolute atomic E-state index is 12.3. The molecule has 0 fully saturated rings. The lowest BCUT2D eigenvalue weighted by Crippen LogP contribution is -2.47. The molecular weight excluding hydrogens is 384 g/mol. The highest BCUT2D eigenvalue weighted by Gasteiger charge is 2.23. The largest absolute Gasteiger partial charge is 0.351 e. The molecule has 8 heteroatoms. The molecule has 1 aromatic rings. The van der Waals surface area contributed by atoms with Crippen molar-refractivity contribution >= 4 is 37.6 Å². The Hall–Kier alpha value is -1.67. The van der Waals surface area contributed by atoms with Crippen molar-refractivity contribution in [3.63, 3.8) is 0 Å². The van der Waals surface area contributed by atoms with Gasteiger partial charge in [-0.1, -0.05) is 18.2 Å². The molecule has 23 heavy (non-hydrogen) atoms. The van der Waals surface area contributed by atoms with Gasteiger partial charge < -0.3 is 10.6 Å². The summed E-state index contributed by atoms with van der Waals surface area (Å²) in [4.78, 5) is 24.4. The summed E-state index contributed by atoms with van der Waals surface area (Å²) in [6.45, 7) is 3.73. The zero-order chi connectivity index (χ0) is 17.5. The highest BCUT2D eigenvalue weighted by atomic mass is 79.9. The molecule has 0 aliphatic heterocycles. The lowest BCUT2D eigenvalue weighted by atomic mass is 10.1. The lowest BCUT2D eigenvalue weighted by Gasteiger charge is -2.18. The van der Waals surface area contributed by atoms with Crippen molar-refractivity contribution in [2.45, 2.75) is 12.5 Å². The third-order valence-corrected chi connectivity index (χ3v) is 4.61. The fourth-order valence-corrected chi connectivity index (χ4v) is 2.91. The molecule has 126 valence electrons. The number of rotatable bonds is 8. The van der Waals surface area contributed by atoms with Gasteiger partial charge in [0.2, 0.25) is 5.91 Å². The van der Waals surface area contributed by atoms with Crippen LogP contribution in [0, 0.1) is 0 Å². The van der Waals surface area contributed by atoms with Crippen LogP contribution in [0.1, 0.15) is 16.8 Å². The van der Waals surface area contributed by atoms with E-state index in [-0.39, 0.29) is 18.7 Å². The fraction of sp³-hybridized carbons (Fsp3) is 0.333. The summed E-state index contributed by atoms with van der Waals surface area (Å²) < 4.78 is 23.2. The Morgan fingerprint density at radius 3 is 2.57 bits per heavy atom.